The van der Waals surface area contributed by atoms with Crippen molar-refractivity contribution in [3.63, 3.8) is 0 Å². The van der Waals surface area contributed by atoms with E-state index in [2.05, 4.69) is 15.0 Å². The van der Waals surface area contributed by atoms with Crippen LogP contribution in [0.15, 0.2) is 45.4 Å². The van der Waals surface area contributed by atoms with E-state index in [1.54, 1.807) is 18.2 Å². The number of furan rings is 1. The number of rotatable bonds is 7. The van der Waals surface area contributed by atoms with Gasteiger partial charge in [-0.1, -0.05) is 0 Å². The molecule has 1 aromatic carbocycles. The van der Waals surface area contributed by atoms with Crippen LogP contribution in [0.4, 0.5) is 20.4 Å². The highest BCUT2D eigenvalue weighted by atomic mass is 19.3. The Morgan fingerprint density at radius 1 is 1.30 bits per heavy atom. The summed E-state index contributed by atoms with van der Waals surface area (Å²) in [4.78, 5) is 18.8. The van der Waals surface area contributed by atoms with Crippen LogP contribution in [0.25, 0.3) is 11.7 Å². The van der Waals surface area contributed by atoms with Gasteiger partial charge in [0.25, 0.3) is 5.89 Å². The second-order valence-corrected chi connectivity index (χ2v) is 7.26. The number of carbonyl (C=O) groups is 1. The molecule has 33 heavy (non-hydrogen) atoms. The molecule has 0 atom stereocenters. The van der Waals surface area contributed by atoms with Crippen LogP contribution in [0.3, 0.4) is 0 Å². The largest absolute Gasteiger partial charge is 0.493 e. The van der Waals surface area contributed by atoms with Crippen LogP contribution in [-0.2, 0) is 4.79 Å². The van der Waals surface area contributed by atoms with Gasteiger partial charge in [-0.05, 0) is 37.1 Å². The number of methoxy groups -OCH3 is 1. The Balaban J connectivity index is 1.39. The van der Waals surface area contributed by atoms with Gasteiger partial charge in [0.2, 0.25) is 17.5 Å². The van der Waals surface area contributed by atoms with Crippen molar-refractivity contribution in [2.24, 2.45) is 5.92 Å². The lowest BCUT2D eigenvalue weighted by molar-refractivity contribution is -0.120. The van der Waals surface area contributed by atoms with E-state index in [0.717, 1.165) is 0 Å². The van der Waals surface area contributed by atoms with Gasteiger partial charge in [-0.2, -0.15) is 19.0 Å². The smallest absolute Gasteiger partial charge is 0.387 e. The first-order valence-electron chi connectivity index (χ1n) is 10.1. The van der Waals surface area contributed by atoms with Gasteiger partial charge in [-0.3, -0.25) is 4.79 Å². The number of hydrogen-bond donors (Lipinski definition) is 1. The van der Waals surface area contributed by atoms with Gasteiger partial charge in [-0.15, -0.1) is 0 Å². The Hall–Kier alpha value is -4.07. The van der Waals surface area contributed by atoms with Crippen molar-refractivity contribution in [2.45, 2.75) is 19.5 Å². The average molecular weight is 458 g/mol. The molecule has 0 spiro atoms. The number of alkyl halides is 2. The Morgan fingerprint density at radius 3 is 2.73 bits per heavy atom. The van der Waals surface area contributed by atoms with Crippen LogP contribution >= 0.6 is 0 Å². The summed E-state index contributed by atoms with van der Waals surface area (Å²) in [7, 11) is 1.34. The van der Waals surface area contributed by atoms with Gasteiger partial charge in [0, 0.05) is 30.8 Å². The zero-order valence-corrected chi connectivity index (χ0v) is 17.6. The molecule has 0 aliphatic carbocycles. The third kappa shape index (κ3) is 4.90. The molecule has 0 unspecified atom stereocenters. The molecular weight excluding hydrogens is 438 g/mol. The van der Waals surface area contributed by atoms with Crippen molar-refractivity contribution < 1.29 is 31.9 Å². The predicted octanol–water partition coefficient (Wildman–Crippen LogP) is 4.27. The summed E-state index contributed by atoms with van der Waals surface area (Å²) in [6.45, 7) is -2.07. The summed E-state index contributed by atoms with van der Waals surface area (Å²) in [6, 6.07) is 9.69. The number of piperidine rings is 1. The lowest BCUT2D eigenvalue weighted by atomic mass is 9.96. The summed E-state index contributed by atoms with van der Waals surface area (Å²) in [5.74, 6) is 0.400. The lowest BCUT2D eigenvalue weighted by Crippen LogP contribution is -2.38. The standard InChI is InChI=1S/C22H20F2N4O5/c1-30-16-5-4-14(11-18(16)32-22(23)24)26-19(29)13-6-8-28(9-7-13)21-15(12-25)27-20(33-21)17-3-2-10-31-17/h2-5,10-11,13,22H,6-9H2,1H3,(H,26,29). The Morgan fingerprint density at radius 2 is 2.09 bits per heavy atom. The van der Waals surface area contributed by atoms with Gasteiger partial charge in [0.1, 0.15) is 6.07 Å². The van der Waals surface area contributed by atoms with Crippen LogP contribution in [0.2, 0.25) is 0 Å². The van der Waals surface area contributed by atoms with Crippen LogP contribution in [0.1, 0.15) is 18.5 Å². The van der Waals surface area contributed by atoms with Crippen molar-refractivity contribution in [1.29, 1.82) is 5.26 Å². The van der Waals surface area contributed by atoms with E-state index in [1.807, 2.05) is 11.0 Å². The van der Waals surface area contributed by atoms with E-state index in [-0.39, 0.29) is 34.9 Å². The van der Waals surface area contributed by atoms with Gasteiger partial charge >= 0.3 is 6.61 Å². The molecule has 1 aliphatic rings. The predicted molar refractivity (Wildman–Crippen MR) is 112 cm³/mol. The number of benzene rings is 1. The van der Waals surface area contributed by atoms with Gasteiger partial charge in [0.15, 0.2) is 17.3 Å². The first-order chi connectivity index (χ1) is 16.0. The summed E-state index contributed by atoms with van der Waals surface area (Å²) in [5.41, 5.74) is 0.470. The fourth-order valence-electron chi connectivity index (χ4n) is 3.64. The van der Waals surface area contributed by atoms with Crippen molar-refractivity contribution in [2.75, 3.05) is 30.4 Å². The SMILES string of the molecule is COc1ccc(NC(=O)C2CCN(c3oc(-c4ccco4)nc3C#N)CC2)cc1OC(F)F. The molecule has 4 rings (SSSR count). The molecule has 3 heterocycles. The molecule has 1 aliphatic heterocycles. The van der Waals surface area contributed by atoms with E-state index >= 15 is 0 Å². The lowest BCUT2D eigenvalue weighted by Gasteiger charge is -2.31. The van der Waals surface area contributed by atoms with Crippen LogP contribution in [0, 0.1) is 17.2 Å². The number of oxazole rings is 1. The maximum atomic E-state index is 12.7. The molecule has 11 heteroatoms. The van der Waals surface area contributed by atoms with E-state index in [4.69, 9.17) is 13.6 Å². The maximum Gasteiger partial charge on any atom is 0.387 e. The number of nitrogens with one attached hydrogen (secondary N) is 1. The number of carbonyl (C=O) groups excluding carboxylic acids is 1. The van der Waals surface area contributed by atoms with E-state index < -0.39 is 6.61 Å². The molecule has 1 saturated heterocycles. The molecule has 1 fully saturated rings. The molecule has 1 N–H and O–H groups in total. The number of aromatic nitrogens is 1. The second-order valence-electron chi connectivity index (χ2n) is 7.26. The zero-order valence-electron chi connectivity index (χ0n) is 17.6. The number of ether oxygens (including phenoxy) is 2. The summed E-state index contributed by atoms with van der Waals surface area (Å²) < 4.78 is 45.7. The number of nitrogens with zero attached hydrogens (tertiary/aromatic N) is 3. The van der Waals surface area contributed by atoms with Crippen LogP contribution in [0.5, 0.6) is 11.5 Å². The zero-order chi connectivity index (χ0) is 23.4. The minimum absolute atomic E-state index is 0.135. The van der Waals surface area contributed by atoms with Crippen LogP contribution < -0.4 is 19.7 Å². The maximum absolute atomic E-state index is 12.7. The normalized spacial score (nSPS) is 14.2. The molecule has 1 amide bonds. The fourth-order valence-corrected chi connectivity index (χ4v) is 3.64. The first kappa shape index (κ1) is 22.1. The number of hydrogen-bond acceptors (Lipinski definition) is 8. The van der Waals surface area contributed by atoms with E-state index in [0.29, 0.717) is 43.3 Å². The minimum atomic E-state index is -3.02. The van der Waals surface area contributed by atoms with E-state index in [9.17, 15) is 18.8 Å². The highest BCUT2D eigenvalue weighted by Crippen LogP contribution is 2.33. The summed E-state index contributed by atoms with van der Waals surface area (Å²) in [5, 5.41) is 12.2. The molecule has 3 aromatic rings. The summed E-state index contributed by atoms with van der Waals surface area (Å²) >= 11 is 0. The highest BCUT2D eigenvalue weighted by molar-refractivity contribution is 5.93. The van der Waals surface area contributed by atoms with Crippen molar-refractivity contribution in [3.8, 4) is 29.2 Å². The molecule has 2 aromatic heterocycles. The van der Waals surface area contributed by atoms with E-state index in [1.165, 1.54) is 25.5 Å². The molecule has 0 saturated carbocycles. The average Bonchev–Trinajstić information content (AvgIpc) is 3.49. The van der Waals surface area contributed by atoms with Crippen molar-refractivity contribution >= 4 is 17.5 Å². The molecule has 0 radical (unpaired) electrons. The number of amides is 1. The van der Waals surface area contributed by atoms with Gasteiger partial charge in [0.05, 0.1) is 13.4 Å². The Bertz CT molecular complexity index is 1150. The molecular formula is C22H20F2N4O5. The molecule has 172 valence electrons. The van der Waals surface area contributed by atoms with Crippen molar-refractivity contribution in [1.82, 2.24) is 4.98 Å². The molecule has 9 nitrogen and oxygen atoms in total. The third-order valence-corrected chi connectivity index (χ3v) is 5.25. The Kier molecular flexibility index (Phi) is 6.44. The van der Waals surface area contributed by atoms with Crippen LogP contribution in [-0.4, -0.2) is 37.7 Å². The minimum Gasteiger partial charge on any atom is -0.493 e. The number of nitriles is 1. The van der Waals surface area contributed by atoms with Crippen molar-refractivity contribution in [3.05, 3.63) is 42.3 Å². The fraction of sp³-hybridized carbons (Fsp3) is 0.318. The summed E-state index contributed by atoms with van der Waals surface area (Å²) in [6.07, 6.45) is 2.49. The first-order valence-corrected chi connectivity index (χ1v) is 10.1. The quantitative estimate of drug-likeness (QED) is 0.558. The Labute approximate surface area is 187 Å². The second kappa shape index (κ2) is 9.60. The highest BCUT2D eigenvalue weighted by Gasteiger charge is 2.29. The van der Waals surface area contributed by atoms with Gasteiger partial charge < -0.3 is 28.5 Å². The topological polar surface area (TPSA) is 114 Å². The number of halogens is 2. The number of anilines is 2. The monoisotopic (exact) mass is 458 g/mol. The third-order valence-electron chi connectivity index (χ3n) is 5.25. The van der Waals surface area contributed by atoms with Gasteiger partial charge in [-0.25, -0.2) is 0 Å². The molecule has 0 bridgehead atoms.